The maximum absolute atomic E-state index is 6.01. The Balaban J connectivity index is 1.89. The second kappa shape index (κ2) is 10.3. The lowest BCUT2D eigenvalue weighted by Crippen LogP contribution is -2.16. The standard InChI is InChI=1S/C28H39NO/c1-20(2)21(3)13-14-22-9-7-10-23(17-22)18-27-26(24-11-8-12-24)16-15-25(19-29(4)5)28(27)30-6/h7,9-10,15-17,20,24H,3,8,11-14,18-19H2,1-2,4-6H3. The zero-order valence-corrected chi connectivity index (χ0v) is 19.6. The molecular formula is C28H39NO. The summed E-state index contributed by atoms with van der Waals surface area (Å²) >= 11 is 0. The van der Waals surface area contributed by atoms with Gasteiger partial charge in [-0.2, -0.15) is 0 Å². The Kier molecular flexibility index (Phi) is 7.77. The monoisotopic (exact) mass is 405 g/mol. The minimum absolute atomic E-state index is 0.557. The third-order valence-corrected chi connectivity index (χ3v) is 6.54. The molecule has 0 spiro atoms. The van der Waals surface area contributed by atoms with Crippen molar-refractivity contribution in [3.8, 4) is 5.75 Å². The second-order valence-corrected chi connectivity index (χ2v) is 9.50. The van der Waals surface area contributed by atoms with Gasteiger partial charge in [0.05, 0.1) is 7.11 Å². The van der Waals surface area contributed by atoms with Crippen LogP contribution < -0.4 is 4.74 Å². The normalized spacial score (nSPS) is 14.2. The molecule has 0 bridgehead atoms. The molecule has 2 heteroatoms. The fraction of sp³-hybridized carbons (Fsp3) is 0.500. The molecule has 0 N–H and O–H groups in total. The van der Waals surface area contributed by atoms with Crippen LogP contribution in [0.3, 0.4) is 0 Å². The molecule has 0 unspecified atom stereocenters. The van der Waals surface area contributed by atoms with Gasteiger partial charge in [0.2, 0.25) is 0 Å². The molecule has 2 aromatic carbocycles. The van der Waals surface area contributed by atoms with E-state index < -0.39 is 0 Å². The predicted molar refractivity (Wildman–Crippen MR) is 129 cm³/mol. The van der Waals surface area contributed by atoms with Crippen LogP contribution in [0.1, 0.15) is 73.3 Å². The summed E-state index contributed by atoms with van der Waals surface area (Å²) in [5.74, 6) is 2.34. The van der Waals surface area contributed by atoms with Crippen LogP contribution in [-0.2, 0) is 19.4 Å². The van der Waals surface area contributed by atoms with E-state index in [1.54, 1.807) is 0 Å². The number of allylic oxidation sites excluding steroid dienone is 1. The first-order chi connectivity index (χ1) is 14.4. The van der Waals surface area contributed by atoms with Crippen LogP contribution in [0.4, 0.5) is 0 Å². The van der Waals surface area contributed by atoms with E-state index in [0.717, 1.165) is 31.6 Å². The van der Waals surface area contributed by atoms with Crippen molar-refractivity contribution in [2.45, 2.75) is 64.8 Å². The highest BCUT2D eigenvalue weighted by Crippen LogP contribution is 2.42. The van der Waals surface area contributed by atoms with Crippen LogP contribution in [0.2, 0.25) is 0 Å². The zero-order chi connectivity index (χ0) is 21.7. The highest BCUT2D eigenvalue weighted by atomic mass is 16.5. The molecule has 0 aliphatic heterocycles. The summed E-state index contributed by atoms with van der Waals surface area (Å²) < 4.78 is 6.01. The number of benzene rings is 2. The second-order valence-electron chi connectivity index (χ2n) is 9.50. The molecule has 0 atom stereocenters. The first-order valence-corrected chi connectivity index (χ1v) is 11.5. The SMILES string of the molecule is C=C(CCc1cccc(Cc2c(C3CCC3)ccc(CN(C)C)c2OC)c1)C(C)C. The molecule has 0 amide bonds. The van der Waals surface area contributed by atoms with Gasteiger partial charge in [0.15, 0.2) is 0 Å². The van der Waals surface area contributed by atoms with Gasteiger partial charge in [-0.05, 0) is 68.3 Å². The Labute approximate surface area is 184 Å². The van der Waals surface area contributed by atoms with Crippen LogP contribution >= 0.6 is 0 Å². The minimum Gasteiger partial charge on any atom is -0.496 e. The molecule has 0 aromatic heterocycles. The van der Waals surface area contributed by atoms with Gasteiger partial charge in [0.25, 0.3) is 0 Å². The molecule has 1 aliphatic rings. The van der Waals surface area contributed by atoms with Gasteiger partial charge in [0, 0.05) is 24.1 Å². The van der Waals surface area contributed by atoms with Crippen molar-refractivity contribution in [1.29, 1.82) is 0 Å². The number of nitrogens with zero attached hydrogens (tertiary/aromatic N) is 1. The lowest BCUT2D eigenvalue weighted by Gasteiger charge is -2.30. The Morgan fingerprint density at radius 3 is 2.47 bits per heavy atom. The molecule has 1 fully saturated rings. The van der Waals surface area contributed by atoms with E-state index in [1.165, 1.54) is 52.7 Å². The van der Waals surface area contributed by atoms with Gasteiger partial charge in [-0.1, -0.05) is 68.8 Å². The quantitative estimate of drug-likeness (QED) is 0.405. The maximum atomic E-state index is 6.01. The molecule has 1 saturated carbocycles. The number of ether oxygens (including phenoxy) is 1. The van der Waals surface area contributed by atoms with Crippen molar-refractivity contribution in [3.05, 3.63) is 76.4 Å². The summed E-state index contributed by atoms with van der Waals surface area (Å²) in [7, 11) is 6.07. The summed E-state index contributed by atoms with van der Waals surface area (Å²) in [6, 6.07) is 13.8. The molecule has 0 saturated heterocycles. The molecule has 2 nitrogen and oxygen atoms in total. The molecule has 3 rings (SSSR count). The number of rotatable bonds is 10. The van der Waals surface area contributed by atoms with Gasteiger partial charge >= 0.3 is 0 Å². The first kappa shape index (κ1) is 22.6. The van der Waals surface area contributed by atoms with E-state index in [0.29, 0.717) is 11.8 Å². The van der Waals surface area contributed by atoms with E-state index >= 15 is 0 Å². The number of methoxy groups -OCH3 is 1. The summed E-state index contributed by atoms with van der Waals surface area (Å²) in [5, 5.41) is 0. The molecule has 0 radical (unpaired) electrons. The van der Waals surface area contributed by atoms with Gasteiger partial charge in [-0.15, -0.1) is 0 Å². The fourth-order valence-electron chi connectivity index (χ4n) is 4.39. The van der Waals surface area contributed by atoms with E-state index in [9.17, 15) is 0 Å². The highest BCUT2D eigenvalue weighted by molar-refractivity contribution is 5.51. The van der Waals surface area contributed by atoms with Crippen molar-refractivity contribution in [3.63, 3.8) is 0 Å². The smallest absolute Gasteiger partial charge is 0.127 e. The van der Waals surface area contributed by atoms with Crippen LogP contribution in [-0.4, -0.2) is 26.1 Å². The van der Waals surface area contributed by atoms with Crippen molar-refractivity contribution in [2.24, 2.45) is 5.92 Å². The van der Waals surface area contributed by atoms with Gasteiger partial charge in [-0.25, -0.2) is 0 Å². The Morgan fingerprint density at radius 2 is 1.87 bits per heavy atom. The predicted octanol–water partition coefficient (Wildman–Crippen LogP) is 6.76. The fourth-order valence-corrected chi connectivity index (χ4v) is 4.39. The molecule has 1 aliphatic carbocycles. The van der Waals surface area contributed by atoms with Gasteiger partial charge in [0.1, 0.15) is 5.75 Å². The lowest BCUT2D eigenvalue weighted by atomic mass is 9.76. The topological polar surface area (TPSA) is 12.5 Å². The molecule has 162 valence electrons. The van der Waals surface area contributed by atoms with Crippen molar-refractivity contribution in [2.75, 3.05) is 21.2 Å². The van der Waals surface area contributed by atoms with Crippen LogP contribution in [0.5, 0.6) is 5.75 Å². The van der Waals surface area contributed by atoms with Crippen molar-refractivity contribution < 1.29 is 4.74 Å². The van der Waals surface area contributed by atoms with Crippen LogP contribution in [0.25, 0.3) is 0 Å². The Bertz CT molecular complexity index is 861. The first-order valence-electron chi connectivity index (χ1n) is 11.5. The van der Waals surface area contributed by atoms with Gasteiger partial charge < -0.3 is 9.64 Å². The average Bonchev–Trinajstić information content (AvgIpc) is 2.66. The largest absolute Gasteiger partial charge is 0.496 e. The third-order valence-electron chi connectivity index (χ3n) is 6.54. The lowest BCUT2D eigenvalue weighted by molar-refractivity contribution is 0.365. The van der Waals surface area contributed by atoms with E-state index in [1.807, 2.05) is 7.11 Å². The highest BCUT2D eigenvalue weighted by Gasteiger charge is 2.25. The summed E-state index contributed by atoms with van der Waals surface area (Å²) in [6.45, 7) is 9.60. The minimum atomic E-state index is 0.557. The van der Waals surface area contributed by atoms with E-state index in [-0.39, 0.29) is 0 Å². The van der Waals surface area contributed by atoms with Crippen LogP contribution in [0, 0.1) is 5.92 Å². The maximum Gasteiger partial charge on any atom is 0.127 e. The number of hydrogen-bond acceptors (Lipinski definition) is 2. The molecular weight excluding hydrogens is 366 g/mol. The molecule has 0 heterocycles. The summed E-state index contributed by atoms with van der Waals surface area (Å²) in [5.41, 5.74) is 8.30. The summed E-state index contributed by atoms with van der Waals surface area (Å²) in [4.78, 5) is 2.22. The number of hydrogen-bond donors (Lipinski definition) is 0. The van der Waals surface area contributed by atoms with Gasteiger partial charge in [-0.3, -0.25) is 0 Å². The van der Waals surface area contributed by atoms with Crippen LogP contribution in [0.15, 0.2) is 48.6 Å². The summed E-state index contributed by atoms with van der Waals surface area (Å²) in [6.07, 6.45) is 7.03. The van der Waals surface area contributed by atoms with E-state index in [2.05, 4.69) is 75.8 Å². The molecule has 30 heavy (non-hydrogen) atoms. The number of aryl methyl sites for hydroxylation is 1. The Morgan fingerprint density at radius 1 is 1.13 bits per heavy atom. The van der Waals surface area contributed by atoms with E-state index in [4.69, 9.17) is 4.74 Å². The molecule has 2 aromatic rings. The third kappa shape index (κ3) is 5.55. The Hall–Kier alpha value is -2.06. The average molecular weight is 406 g/mol. The van der Waals surface area contributed by atoms with Crippen molar-refractivity contribution in [1.82, 2.24) is 4.90 Å². The zero-order valence-electron chi connectivity index (χ0n) is 19.6. The van der Waals surface area contributed by atoms with Crippen molar-refractivity contribution >= 4 is 0 Å².